The summed E-state index contributed by atoms with van der Waals surface area (Å²) >= 11 is 1.46. The summed E-state index contributed by atoms with van der Waals surface area (Å²) in [5.74, 6) is 0.103. The molecular formula is C28H23N7O3S. The molecule has 5 aromatic heterocycles. The third-order valence-corrected chi connectivity index (χ3v) is 7.41. The van der Waals surface area contributed by atoms with Crippen LogP contribution in [0.25, 0.3) is 32.5 Å². The number of benzene rings is 1. The quantitative estimate of drug-likeness (QED) is 0.325. The highest BCUT2D eigenvalue weighted by Crippen LogP contribution is 2.35. The van der Waals surface area contributed by atoms with Gasteiger partial charge in [0.25, 0.3) is 11.5 Å². The molecule has 194 valence electrons. The standard InChI is InChI=1S/C28H23N7O3S/c1-16(32-27(36)24-25(29)33-34-12-6-10-31-26(24)34)20-14-21-23(28(37)35(20)18-7-4-3-5-8-18)19(15-39-21)17-9-11-30-22(13-17)38-2/h3-16H,1-2H3,(H2,29,33)(H,32,36)/t16-/m0/s1. The summed E-state index contributed by atoms with van der Waals surface area (Å²) in [7, 11) is 1.55. The summed E-state index contributed by atoms with van der Waals surface area (Å²) in [6.45, 7) is 1.83. The van der Waals surface area contributed by atoms with Gasteiger partial charge >= 0.3 is 0 Å². The second kappa shape index (κ2) is 9.69. The van der Waals surface area contributed by atoms with Crippen LogP contribution in [0.1, 0.15) is 29.0 Å². The smallest absolute Gasteiger partial charge is 0.264 e. The molecule has 0 fully saturated rings. The lowest BCUT2D eigenvalue weighted by Crippen LogP contribution is -2.32. The SMILES string of the molecule is COc1cc(-c2csc3cc([C@H](C)NC(=O)c4c(N)nn5cccnc45)n(-c4ccccc4)c(=O)c23)ccn1. The molecule has 0 bridgehead atoms. The maximum Gasteiger partial charge on any atom is 0.264 e. The van der Waals surface area contributed by atoms with Crippen LogP contribution in [0.3, 0.4) is 0 Å². The van der Waals surface area contributed by atoms with E-state index in [1.54, 1.807) is 42.4 Å². The number of carbonyl (C=O) groups is 1. The predicted octanol–water partition coefficient (Wildman–Crippen LogP) is 4.24. The topological polar surface area (TPSA) is 129 Å². The largest absolute Gasteiger partial charge is 0.481 e. The Morgan fingerprint density at radius 3 is 2.72 bits per heavy atom. The fraction of sp³-hybridized carbons (Fsp3) is 0.107. The molecule has 0 aliphatic carbocycles. The molecular weight excluding hydrogens is 514 g/mol. The number of hydrogen-bond acceptors (Lipinski definition) is 8. The van der Waals surface area contributed by atoms with Crippen molar-refractivity contribution in [3.63, 3.8) is 0 Å². The number of nitrogens with one attached hydrogen (secondary N) is 1. The van der Waals surface area contributed by atoms with E-state index >= 15 is 0 Å². The zero-order valence-electron chi connectivity index (χ0n) is 21.0. The van der Waals surface area contributed by atoms with Gasteiger partial charge in [0.2, 0.25) is 5.88 Å². The van der Waals surface area contributed by atoms with Crippen molar-refractivity contribution in [2.45, 2.75) is 13.0 Å². The van der Waals surface area contributed by atoms with Crippen molar-refractivity contribution >= 4 is 38.8 Å². The number of nitrogens with zero attached hydrogens (tertiary/aromatic N) is 5. The number of hydrogen-bond donors (Lipinski definition) is 2. The fourth-order valence-electron chi connectivity index (χ4n) is 4.66. The average Bonchev–Trinajstić information content (AvgIpc) is 3.54. The van der Waals surface area contributed by atoms with Gasteiger partial charge < -0.3 is 15.8 Å². The van der Waals surface area contributed by atoms with Crippen molar-refractivity contribution < 1.29 is 9.53 Å². The second-order valence-corrected chi connectivity index (χ2v) is 9.78. The predicted molar refractivity (Wildman–Crippen MR) is 150 cm³/mol. The molecule has 3 N–H and O–H groups in total. The normalized spacial score (nSPS) is 12.1. The molecule has 10 nitrogen and oxygen atoms in total. The van der Waals surface area contributed by atoms with Crippen molar-refractivity contribution in [2.75, 3.05) is 12.8 Å². The average molecular weight is 538 g/mol. The van der Waals surface area contributed by atoms with Gasteiger partial charge in [0.1, 0.15) is 5.56 Å². The Hall–Kier alpha value is -5.03. The third kappa shape index (κ3) is 4.18. The number of methoxy groups -OCH3 is 1. The molecule has 6 aromatic rings. The van der Waals surface area contributed by atoms with E-state index in [-0.39, 0.29) is 16.9 Å². The van der Waals surface area contributed by atoms with Crippen molar-refractivity contribution in [1.82, 2.24) is 29.5 Å². The number of pyridine rings is 2. The van der Waals surface area contributed by atoms with E-state index in [0.717, 1.165) is 15.8 Å². The van der Waals surface area contributed by atoms with Crippen molar-refractivity contribution in [3.8, 4) is 22.7 Å². The first-order chi connectivity index (χ1) is 19.0. The lowest BCUT2D eigenvalue weighted by Gasteiger charge is -2.20. The van der Waals surface area contributed by atoms with Crippen LogP contribution in [0.5, 0.6) is 5.88 Å². The molecule has 5 heterocycles. The van der Waals surface area contributed by atoms with Gasteiger partial charge in [-0.15, -0.1) is 16.4 Å². The molecule has 11 heteroatoms. The van der Waals surface area contributed by atoms with E-state index in [4.69, 9.17) is 10.5 Å². The maximum atomic E-state index is 14.2. The summed E-state index contributed by atoms with van der Waals surface area (Å²) < 4.78 is 9.19. The minimum Gasteiger partial charge on any atom is -0.481 e. The summed E-state index contributed by atoms with van der Waals surface area (Å²) in [6, 6.07) is 16.1. The summed E-state index contributed by atoms with van der Waals surface area (Å²) in [4.78, 5) is 36.0. The van der Waals surface area contributed by atoms with E-state index in [9.17, 15) is 9.59 Å². The van der Waals surface area contributed by atoms with E-state index < -0.39 is 11.9 Å². The first kappa shape index (κ1) is 24.3. The van der Waals surface area contributed by atoms with Gasteiger partial charge in [0, 0.05) is 51.7 Å². The van der Waals surface area contributed by atoms with Crippen LogP contribution in [-0.2, 0) is 0 Å². The fourth-order valence-corrected chi connectivity index (χ4v) is 5.66. The van der Waals surface area contributed by atoms with Crippen molar-refractivity contribution in [1.29, 1.82) is 0 Å². The van der Waals surface area contributed by atoms with Crippen LogP contribution in [0.15, 0.2) is 83.4 Å². The maximum absolute atomic E-state index is 14.2. The molecule has 1 atom stereocenters. The number of ether oxygens (including phenoxy) is 1. The zero-order chi connectivity index (χ0) is 27.1. The molecule has 0 unspecified atom stereocenters. The van der Waals surface area contributed by atoms with Crippen molar-refractivity contribution in [3.05, 3.63) is 100 Å². The molecule has 1 amide bonds. The molecule has 0 radical (unpaired) electrons. The van der Waals surface area contributed by atoms with Gasteiger partial charge in [-0.05, 0) is 42.8 Å². The Kier molecular flexibility index (Phi) is 6.04. The van der Waals surface area contributed by atoms with E-state index in [1.165, 1.54) is 15.9 Å². The Labute approximate surface area is 226 Å². The molecule has 0 saturated carbocycles. The van der Waals surface area contributed by atoms with Crippen LogP contribution < -0.4 is 21.3 Å². The van der Waals surface area contributed by atoms with Crippen LogP contribution in [0.2, 0.25) is 0 Å². The zero-order valence-corrected chi connectivity index (χ0v) is 21.8. The van der Waals surface area contributed by atoms with Gasteiger partial charge in [-0.1, -0.05) is 18.2 Å². The number of anilines is 1. The summed E-state index contributed by atoms with van der Waals surface area (Å²) in [5, 5.41) is 9.71. The van der Waals surface area contributed by atoms with Gasteiger partial charge in [0.15, 0.2) is 11.5 Å². The van der Waals surface area contributed by atoms with Crippen LogP contribution >= 0.6 is 11.3 Å². The minimum atomic E-state index is -0.556. The molecule has 1 aromatic carbocycles. The Morgan fingerprint density at radius 2 is 1.92 bits per heavy atom. The summed E-state index contributed by atoms with van der Waals surface area (Å²) in [5.41, 5.74) is 9.33. The number of nitrogens with two attached hydrogens (primary N) is 1. The molecule has 0 saturated heterocycles. The van der Waals surface area contributed by atoms with Crippen LogP contribution in [0.4, 0.5) is 5.82 Å². The lowest BCUT2D eigenvalue weighted by molar-refractivity contribution is 0.0941. The highest BCUT2D eigenvalue weighted by Gasteiger charge is 2.24. The van der Waals surface area contributed by atoms with Gasteiger partial charge in [-0.2, -0.15) is 0 Å². The number of rotatable bonds is 6. The van der Waals surface area contributed by atoms with Gasteiger partial charge in [-0.25, -0.2) is 14.5 Å². The highest BCUT2D eigenvalue weighted by molar-refractivity contribution is 7.17. The highest BCUT2D eigenvalue weighted by atomic mass is 32.1. The Bertz CT molecular complexity index is 1910. The van der Waals surface area contributed by atoms with Gasteiger partial charge in [0.05, 0.1) is 18.5 Å². The Morgan fingerprint density at radius 1 is 1.10 bits per heavy atom. The van der Waals surface area contributed by atoms with Crippen LogP contribution in [0, 0.1) is 0 Å². The minimum absolute atomic E-state index is 0.0741. The first-order valence-corrected chi connectivity index (χ1v) is 13.0. The number of thiophene rings is 1. The number of nitrogen functional groups attached to an aromatic ring is 1. The number of para-hydroxylation sites is 1. The molecule has 0 aliphatic rings. The van der Waals surface area contributed by atoms with E-state index in [2.05, 4.69) is 20.4 Å². The van der Waals surface area contributed by atoms with Crippen LogP contribution in [-0.4, -0.2) is 37.2 Å². The first-order valence-electron chi connectivity index (χ1n) is 12.1. The number of aromatic nitrogens is 5. The van der Waals surface area contributed by atoms with Gasteiger partial charge in [-0.3, -0.25) is 14.2 Å². The van der Waals surface area contributed by atoms with Crippen molar-refractivity contribution in [2.24, 2.45) is 0 Å². The lowest BCUT2D eigenvalue weighted by atomic mass is 10.1. The number of carbonyl (C=O) groups excluding carboxylic acids is 1. The van der Waals surface area contributed by atoms with E-state index in [0.29, 0.717) is 28.3 Å². The molecule has 6 rings (SSSR count). The summed E-state index contributed by atoms with van der Waals surface area (Å²) in [6.07, 6.45) is 4.90. The second-order valence-electron chi connectivity index (χ2n) is 8.86. The number of amides is 1. The monoisotopic (exact) mass is 537 g/mol. The molecule has 0 spiro atoms. The molecule has 0 aliphatic heterocycles. The molecule has 39 heavy (non-hydrogen) atoms. The number of fused-ring (bicyclic) bond motifs is 2. The Balaban J connectivity index is 1.48. The third-order valence-electron chi connectivity index (χ3n) is 6.48. The van der Waals surface area contributed by atoms with E-state index in [1.807, 2.05) is 54.8 Å².